The standard InChI is InChI=1S/C50H74O14/c1-27-13-12-16-34-26-57-47-42(51)30(4)21-37(50(34,47)54)48(53)60-36-22-35(63-49(25-36)20-19-29(3)45(64-49)33-14-10-9-11-15-33)18-17-28(2)44(27)61-41-24-39(56-8)46(32(6)59-41)62-40-23-38(55-7)43(52)31(5)58-40/h12-13,16-17,19-21,27,29,31-33,35-47,51-52,54H,9-11,14-15,18,22-26H2,1-8H3/t27-,29-,31-,32-,35+,36-,37-,38-,39-,40-,41-,42+,43-,44+,45-,46-,47+,49+,50+/m0/s1. The van der Waals surface area contributed by atoms with Crippen molar-refractivity contribution in [3.8, 4) is 0 Å². The van der Waals surface area contributed by atoms with E-state index in [-0.39, 0.29) is 36.8 Å². The first kappa shape index (κ1) is 48.2. The van der Waals surface area contributed by atoms with E-state index >= 15 is 0 Å². The molecule has 1 spiro atoms. The third-order valence-electron chi connectivity index (χ3n) is 15.4. The van der Waals surface area contributed by atoms with Gasteiger partial charge < -0.3 is 62.7 Å². The van der Waals surface area contributed by atoms with Gasteiger partial charge in [0.25, 0.3) is 0 Å². The van der Waals surface area contributed by atoms with Gasteiger partial charge in [-0.1, -0.05) is 69.6 Å². The van der Waals surface area contributed by atoms with Crippen LogP contribution in [0.1, 0.15) is 106 Å². The highest BCUT2D eigenvalue weighted by Gasteiger charge is 2.60. The summed E-state index contributed by atoms with van der Waals surface area (Å²) in [6.45, 7) is 11.9. The quantitative estimate of drug-likeness (QED) is 0.204. The summed E-state index contributed by atoms with van der Waals surface area (Å²) in [5.41, 5.74) is 0.166. The van der Waals surface area contributed by atoms with Gasteiger partial charge >= 0.3 is 5.97 Å². The molecule has 0 aromatic heterocycles. The van der Waals surface area contributed by atoms with E-state index in [9.17, 15) is 20.1 Å². The summed E-state index contributed by atoms with van der Waals surface area (Å²) in [5.74, 6) is -2.32. The minimum atomic E-state index is -1.83. The molecule has 3 N–H and O–H groups in total. The van der Waals surface area contributed by atoms with E-state index in [2.05, 4.69) is 32.9 Å². The van der Waals surface area contributed by atoms with E-state index in [0.717, 1.165) is 18.4 Å². The van der Waals surface area contributed by atoms with Crippen LogP contribution in [0.3, 0.4) is 0 Å². The van der Waals surface area contributed by atoms with Crippen LogP contribution in [0.2, 0.25) is 0 Å². The van der Waals surface area contributed by atoms with Gasteiger partial charge in [0.15, 0.2) is 18.4 Å². The van der Waals surface area contributed by atoms with Crippen LogP contribution in [0.25, 0.3) is 0 Å². The summed E-state index contributed by atoms with van der Waals surface area (Å²) in [6, 6.07) is 0. The first-order valence-corrected chi connectivity index (χ1v) is 24.0. The number of esters is 1. The van der Waals surface area contributed by atoms with Gasteiger partial charge in [-0.25, -0.2) is 0 Å². The monoisotopic (exact) mass is 899 g/mol. The highest BCUT2D eigenvalue weighted by Crippen LogP contribution is 2.48. The SMILES string of the molecule is CO[C@H]1C[C@H](O[C@H]2[C@H](C)O[C@@H](O[C@H]3C(C)=CC[C@@H]4C[C@@H](C[C@]5(C=C[C@H](C)[C@@H](C6CCCCC6)O5)O4)OC(=O)[C@@H]4C=C(C)[C@@H](O)[C@H]5OCC(=CC=C[C@@H]3C)[C@]54O)C[C@@H]2OC)O[C@@H](C)[C@@H]1O. The molecule has 1 saturated carbocycles. The molecule has 14 nitrogen and oxygen atoms in total. The van der Waals surface area contributed by atoms with Gasteiger partial charge in [0.2, 0.25) is 0 Å². The van der Waals surface area contributed by atoms with E-state index in [4.69, 9.17) is 47.4 Å². The maximum Gasteiger partial charge on any atom is 0.316 e. The second-order valence-corrected chi connectivity index (χ2v) is 20.0. The third kappa shape index (κ3) is 9.82. The zero-order valence-electron chi connectivity index (χ0n) is 39.0. The van der Waals surface area contributed by atoms with Crippen LogP contribution in [0.4, 0.5) is 0 Å². The fourth-order valence-corrected chi connectivity index (χ4v) is 11.7. The summed E-state index contributed by atoms with van der Waals surface area (Å²) >= 11 is 0. The molecule has 8 aliphatic rings. The highest BCUT2D eigenvalue weighted by molar-refractivity contribution is 5.78. The topological polar surface area (TPSA) is 170 Å². The molecule has 0 unspecified atom stereocenters. The first-order chi connectivity index (χ1) is 30.6. The van der Waals surface area contributed by atoms with Crippen molar-refractivity contribution in [2.75, 3.05) is 20.8 Å². The molecule has 2 bridgehead atoms. The van der Waals surface area contributed by atoms with Crippen LogP contribution < -0.4 is 0 Å². The lowest BCUT2D eigenvalue weighted by molar-refractivity contribution is -0.318. The zero-order valence-corrected chi connectivity index (χ0v) is 39.0. The molecular weight excluding hydrogens is 825 g/mol. The van der Waals surface area contributed by atoms with Crippen LogP contribution in [-0.4, -0.2) is 139 Å². The first-order valence-electron chi connectivity index (χ1n) is 24.0. The summed E-state index contributed by atoms with van der Waals surface area (Å²) in [6.07, 6.45) is 13.8. The average molecular weight is 899 g/mol. The van der Waals surface area contributed by atoms with Crippen molar-refractivity contribution in [3.63, 3.8) is 0 Å². The van der Waals surface area contributed by atoms with Crippen LogP contribution in [0.5, 0.6) is 0 Å². The van der Waals surface area contributed by atoms with Crippen molar-refractivity contribution in [3.05, 3.63) is 59.3 Å². The number of carbonyl (C=O) groups is 1. The normalized spacial score (nSPS) is 47.1. The minimum Gasteiger partial charge on any atom is -0.462 e. The molecule has 19 atom stereocenters. The Morgan fingerprint density at radius 3 is 2.28 bits per heavy atom. The predicted molar refractivity (Wildman–Crippen MR) is 234 cm³/mol. The van der Waals surface area contributed by atoms with E-state index in [1.54, 1.807) is 40.2 Å². The van der Waals surface area contributed by atoms with Crippen molar-refractivity contribution in [1.29, 1.82) is 0 Å². The maximum absolute atomic E-state index is 14.4. The molecule has 0 aromatic carbocycles. The predicted octanol–water partition coefficient (Wildman–Crippen LogP) is 5.91. The van der Waals surface area contributed by atoms with E-state index in [1.165, 1.54) is 19.3 Å². The van der Waals surface area contributed by atoms with Gasteiger partial charge in [0, 0.05) is 51.7 Å². The molecule has 0 amide bonds. The molecule has 6 heterocycles. The van der Waals surface area contributed by atoms with E-state index in [0.29, 0.717) is 49.2 Å². The number of aliphatic hydroxyl groups excluding tert-OH is 2. The van der Waals surface area contributed by atoms with E-state index < -0.39 is 90.8 Å². The number of fused-ring (bicyclic) bond motifs is 2. The molecular formula is C50H74O14. The molecule has 14 heteroatoms. The van der Waals surface area contributed by atoms with Crippen LogP contribution in [-0.2, 0) is 52.2 Å². The Morgan fingerprint density at radius 1 is 0.812 bits per heavy atom. The average Bonchev–Trinajstić information content (AvgIpc) is 3.62. The number of rotatable bonds is 7. The molecule has 64 heavy (non-hydrogen) atoms. The highest BCUT2D eigenvalue weighted by atomic mass is 16.7. The molecule has 4 saturated heterocycles. The van der Waals surface area contributed by atoms with E-state index in [1.807, 2.05) is 25.2 Å². The number of hydrogen-bond donors (Lipinski definition) is 3. The molecule has 0 radical (unpaired) electrons. The summed E-state index contributed by atoms with van der Waals surface area (Å²) < 4.78 is 64.1. The van der Waals surface area contributed by atoms with Gasteiger partial charge in [0.05, 0.1) is 49.3 Å². The van der Waals surface area contributed by atoms with Gasteiger partial charge in [-0.2, -0.15) is 0 Å². The Morgan fingerprint density at radius 2 is 1.53 bits per heavy atom. The van der Waals surface area contributed by atoms with Crippen LogP contribution >= 0.6 is 0 Å². The molecule has 6 aliphatic heterocycles. The summed E-state index contributed by atoms with van der Waals surface area (Å²) in [7, 11) is 3.23. The van der Waals surface area contributed by atoms with Crippen LogP contribution in [0, 0.1) is 23.7 Å². The third-order valence-corrected chi connectivity index (χ3v) is 15.4. The Balaban J connectivity index is 1.08. The smallest absolute Gasteiger partial charge is 0.316 e. The number of ether oxygens (including phenoxy) is 10. The lowest BCUT2D eigenvalue weighted by Gasteiger charge is -2.49. The fourth-order valence-electron chi connectivity index (χ4n) is 11.7. The Hall–Kier alpha value is -2.31. The number of carbonyl (C=O) groups excluding carboxylic acids is 1. The molecule has 8 rings (SSSR count). The largest absolute Gasteiger partial charge is 0.462 e. The van der Waals surface area contributed by atoms with Crippen molar-refractivity contribution in [1.82, 2.24) is 0 Å². The molecule has 5 fully saturated rings. The Kier molecular flexibility index (Phi) is 15.1. The lowest BCUT2D eigenvalue weighted by atomic mass is 9.71. The Bertz CT molecular complexity index is 1790. The van der Waals surface area contributed by atoms with Gasteiger partial charge in [-0.3, -0.25) is 4.79 Å². The van der Waals surface area contributed by atoms with Gasteiger partial charge in [-0.05, 0) is 75.7 Å². The summed E-state index contributed by atoms with van der Waals surface area (Å²) in [4.78, 5) is 14.4. The Labute approximate surface area is 379 Å². The second kappa shape index (κ2) is 20.1. The number of hydrogen-bond acceptors (Lipinski definition) is 14. The number of methoxy groups -OCH3 is 2. The summed E-state index contributed by atoms with van der Waals surface area (Å²) in [5, 5.41) is 34.3. The van der Waals surface area contributed by atoms with Crippen molar-refractivity contribution >= 4 is 5.97 Å². The number of aliphatic hydroxyl groups is 3. The van der Waals surface area contributed by atoms with Gasteiger partial charge in [-0.15, -0.1) is 0 Å². The van der Waals surface area contributed by atoms with Crippen molar-refractivity contribution in [2.24, 2.45) is 23.7 Å². The second-order valence-electron chi connectivity index (χ2n) is 20.0. The molecule has 0 aromatic rings. The molecule has 358 valence electrons. The maximum atomic E-state index is 14.4. The lowest BCUT2D eigenvalue weighted by Crippen LogP contribution is -2.58. The van der Waals surface area contributed by atoms with Crippen molar-refractivity contribution < 1.29 is 67.5 Å². The molecule has 2 aliphatic carbocycles. The number of allylic oxidation sites excluding steroid dienone is 2. The zero-order chi connectivity index (χ0) is 45.5. The minimum absolute atomic E-state index is 0.0242. The fraction of sp³-hybridized carbons (Fsp3) is 0.780. The van der Waals surface area contributed by atoms with Gasteiger partial charge in [0.1, 0.15) is 42.0 Å². The van der Waals surface area contributed by atoms with Crippen LogP contribution in [0.15, 0.2) is 59.3 Å². The van der Waals surface area contributed by atoms with Crippen molar-refractivity contribution in [2.45, 2.75) is 203 Å².